The molecule has 0 aliphatic carbocycles. The topological polar surface area (TPSA) is 78.9 Å². The lowest BCUT2D eigenvalue weighted by molar-refractivity contribution is 0.170. The van der Waals surface area contributed by atoms with Crippen LogP contribution in [-0.2, 0) is 0 Å². The van der Waals surface area contributed by atoms with Crippen LogP contribution < -0.4 is 20.3 Å². The average Bonchev–Trinajstić information content (AvgIpc) is 3.01. The van der Waals surface area contributed by atoms with Gasteiger partial charge in [0.25, 0.3) is 0 Å². The first-order valence-electron chi connectivity index (χ1n) is 13.4. The molecule has 0 N–H and O–H groups in total. The summed E-state index contributed by atoms with van der Waals surface area (Å²) in [6.07, 6.45) is 0.632. The Kier molecular flexibility index (Phi) is 6.73. The Balaban J connectivity index is 1.18. The maximum absolute atomic E-state index is 13.5. The van der Waals surface area contributed by atoms with Crippen LogP contribution in [0.4, 0.5) is 0 Å². The van der Waals surface area contributed by atoms with E-state index in [1.807, 2.05) is 54.6 Å². The van der Waals surface area contributed by atoms with Crippen molar-refractivity contribution in [3.05, 3.63) is 127 Å². The quantitative estimate of drug-likeness (QED) is 0.179. The van der Waals surface area contributed by atoms with E-state index in [1.54, 1.807) is 36.4 Å². The number of ether oxygens (including phenoxy) is 2. The van der Waals surface area contributed by atoms with Crippen LogP contribution in [0.15, 0.2) is 109 Å². The second-order valence-electron chi connectivity index (χ2n) is 10.0. The number of benzene rings is 4. The Labute approximate surface area is 249 Å². The molecule has 0 amide bonds. The Morgan fingerprint density at radius 3 is 2.10 bits per heavy atom. The molecule has 1 aliphatic heterocycles. The Morgan fingerprint density at radius 2 is 1.36 bits per heavy atom. The monoisotopic (exact) mass is 596 g/mol. The smallest absolute Gasteiger partial charge is 0.235 e. The van der Waals surface area contributed by atoms with Crippen molar-refractivity contribution in [1.82, 2.24) is 0 Å². The standard InChI is InChI=1S/C34H22Cl2O6/c35-20-12-14-27-24(17-20)29(37)33(31(40-27)19-7-2-1-3-8-19)39-16-6-11-26-22-9-4-5-10-23(22)32-34(42-26)30(38)25-18-21(36)13-15-28(25)41-32/h1-5,7-10,12-15,17-18,26H,6,11,16H2. The highest BCUT2D eigenvalue weighted by atomic mass is 35.5. The van der Waals surface area contributed by atoms with Crippen LogP contribution in [-0.4, -0.2) is 6.61 Å². The van der Waals surface area contributed by atoms with Gasteiger partial charge in [-0.05, 0) is 49.2 Å². The highest BCUT2D eigenvalue weighted by molar-refractivity contribution is 6.31. The summed E-state index contributed by atoms with van der Waals surface area (Å²) in [5.74, 6) is 1.03. The van der Waals surface area contributed by atoms with Crippen LogP contribution in [0.1, 0.15) is 24.5 Å². The van der Waals surface area contributed by atoms with E-state index in [9.17, 15) is 9.59 Å². The molecule has 1 unspecified atom stereocenters. The number of hydrogen-bond donors (Lipinski definition) is 0. The van der Waals surface area contributed by atoms with Gasteiger partial charge in [-0.3, -0.25) is 9.59 Å². The van der Waals surface area contributed by atoms with Gasteiger partial charge in [-0.1, -0.05) is 77.8 Å². The van der Waals surface area contributed by atoms with Gasteiger partial charge in [-0.15, -0.1) is 0 Å². The van der Waals surface area contributed by atoms with Crippen molar-refractivity contribution >= 4 is 45.1 Å². The molecule has 1 aliphatic rings. The molecule has 0 spiro atoms. The highest BCUT2D eigenvalue weighted by Gasteiger charge is 2.30. The van der Waals surface area contributed by atoms with Gasteiger partial charge in [0.1, 0.15) is 17.3 Å². The molecule has 6 aromatic rings. The first-order valence-corrected chi connectivity index (χ1v) is 14.2. The van der Waals surface area contributed by atoms with Gasteiger partial charge < -0.3 is 18.3 Å². The largest absolute Gasteiger partial charge is 0.486 e. The third-order valence-corrected chi connectivity index (χ3v) is 7.80. The van der Waals surface area contributed by atoms with Gasteiger partial charge in [0, 0.05) is 26.7 Å². The third-order valence-electron chi connectivity index (χ3n) is 7.33. The summed E-state index contributed by atoms with van der Waals surface area (Å²) < 4.78 is 24.7. The van der Waals surface area contributed by atoms with Crippen molar-refractivity contribution < 1.29 is 18.3 Å². The lowest BCUT2D eigenvalue weighted by atomic mass is 9.94. The van der Waals surface area contributed by atoms with E-state index in [0.717, 1.165) is 16.7 Å². The fraction of sp³-hybridized carbons (Fsp3) is 0.118. The molecule has 0 radical (unpaired) electrons. The van der Waals surface area contributed by atoms with Crippen molar-refractivity contribution in [3.8, 4) is 34.1 Å². The summed E-state index contributed by atoms with van der Waals surface area (Å²) in [5.41, 5.74) is 2.73. The van der Waals surface area contributed by atoms with Gasteiger partial charge in [0.2, 0.25) is 22.4 Å². The van der Waals surface area contributed by atoms with Crippen molar-refractivity contribution in [2.45, 2.75) is 18.9 Å². The zero-order chi connectivity index (χ0) is 28.8. The minimum absolute atomic E-state index is 0.121. The third kappa shape index (κ3) is 4.63. The van der Waals surface area contributed by atoms with E-state index in [-0.39, 0.29) is 29.0 Å². The molecular weight excluding hydrogens is 575 g/mol. The summed E-state index contributed by atoms with van der Waals surface area (Å²) in [7, 11) is 0. The molecule has 0 saturated carbocycles. The zero-order valence-electron chi connectivity index (χ0n) is 22.1. The molecular formula is C34H22Cl2O6. The van der Waals surface area contributed by atoms with E-state index >= 15 is 0 Å². The van der Waals surface area contributed by atoms with Crippen LogP contribution in [0.3, 0.4) is 0 Å². The summed E-state index contributed by atoms with van der Waals surface area (Å²) in [5, 5.41) is 1.58. The Morgan fingerprint density at radius 1 is 0.714 bits per heavy atom. The van der Waals surface area contributed by atoms with Crippen molar-refractivity contribution in [2.24, 2.45) is 0 Å². The minimum atomic E-state index is -0.419. The summed E-state index contributed by atoms with van der Waals surface area (Å²) >= 11 is 12.3. The molecule has 0 saturated heterocycles. The molecule has 4 aromatic carbocycles. The highest BCUT2D eigenvalue weighted by Crippen LogP contribution is 2.43. The maximum atomic E-state index is 13.5. The molecule has 3 heterocycles. The molecule has 0 fully saturated rings. The molecule has 2 aromatic heterocycles. The SMILES string of the molecule is O=c1c(OCCCC2Oc3c(oc4ccc(Cl)cc4c3=O)-c3ccccc32)c(-c2ccccc2)oc2ccc(Cl)cc12. The lowest BCUT2D eigenvalue weighted by Crippen LogP contribution is -2.20. The number of hydrogen-bond acceptors (Lipinski definition) is 6. The van der Waals surface area contributed by atoms with Gasteiger partial charge in [-0.25, -0.2) is 0 Å². The summed E-state index contributed by atoms with van der Waals surface area (Å²) in [4.78, 5) is 26.9. The van der Waals surface area contributed by atoms with E-state index in [1.165, 1.54) is 0 Å². The minimum Gasteiger partial charge on any atom is -0.486 e. The second kappa shape index (κ2) is 10.7. The van der Waals surface area contributed by atoms with Crippen molar-refractivity contribution in [1.29, 1.82) is 0 Å². The van der Waals surface area contributed by atoms with Gasteiger partial charge in [-0.2, -0.15) is 0 Å². The molecule has 8 heteroatoms. The van der Waals surface area contributed by atoms with Crippen LogP contribution in [0.5, 0.6) is 11.5 Å². The zero-order valence-corrected chi connectivity index (χ0v) is 23.6. The Bertz CT molecular complexity index is 2100. The van der Waals surface area contributed by atoms with Crippen LogP contribution in [0.2, 0.25) is 10.0 Å². The van der Waals surface area contributed by atoms with Gasteiger partial charge in [0.05, 0.1) is 17.4 Å². The summed E-state index contributed by atoms with van der Waals surface area (Å²) in [6.45, 7) is 0.216. The first-order chi connectivity index (χ1) is 20.5. The summed E-state index contributed by atoms with van der Waals surface area (Å²) in [6, 6.07) is 27.0. The fourth-order valence-electron chi connectivity index (χ4n) is 5.34. The maximum Gasteiger partial charge on any atom is 0.235 e. The molecule has 42 heavy (non-hydrogen) atoms. The van der Waals surface area contributed by atoms with E-state index in [2.05, 4.69) is 0 Å². The van der Waals surface area contributed by atoms with Crippen molar-refractivity contribution in [3.63, 3.8) is 0 Å². The fourth-order valence-corrected chi connectivity index (χ4v) is 5.69. The van der Waals surface area contributed by atoms with Gasteiger partial charge in [0.15, 0.2) is 11.5 Å². The number of fused-ring (bicyclic) bond motifs is 5. The Hall–Kier alpha value is -4.52. The predicted octanol–water partition coefficient (Wildman–Crippen LogP) is 8.83. The van der Waals surface area contributed by atoms with Gasteiger partial charge >= 0.3 is 0 Å². The van der Waals surface area contributed by atoms with E-state index in [4.69, 9.17) is 41.5 Å². The van der Waals surface area contributed by atoms with Crippen LogP contribution in [0, 0.1) is 0 Å². The second-order valence-corrected chi connectivity index (χ2v) is 10.9. The average molecular weight is 597 g/mol. The van der Waals surface area contributed by atoms with Crippen molar-refractivity contribution in [2.75, 3.05) is 6.61 Å². The molecule has 1 atom stereocenters. The molecule has 208 valence electrons. The first kappa shape index (κ1) is 26.4. The van der Waals surface area contributed by atoms with E-state index in [0.29, 0.717) is 56.3 Å². The van der Waals surface area contributed by atoms with Crippen LogP contribution >= 0.6 is 23.2 Å². The predicted molar refractivity (Wildman–Crippen MR) is 164 cm³/mol. The van der Waals surface area contributed by atoms with Crippen LogP contribution in [0.25, 0.3) is 44.6 Å². The molecule has 7 rings (SSSR count). The number of rotatable bonds is 6. The number of halogens is 2. The molecule has 0 bridgehead atoms. The van der Waals surface area contributed by atoms with E-state index < -0.39 is 6.10 Å². The lowest BCUT2D eigenvalue weighted by Gasteiger charge is -2.27. The normalized spacial score (nSPS) is 13.9. The molecule has 6 nitrogen and oxygen atoms in total.